The highest BCUT2D eigenvalue weighted by Crippen LogP contribution is 2.27. The lowest BCUT2D eigenvalue weighted by molar-refractivity contribution is -0.384. The Morgan fingerprint density at radius 3 is 2.63 bits per heavy atom. The van der Waals surface area contributed by atoms with E-state index in [1.807, 2.05) is 0 Å². The predicted molar refractivity (Wildman–Crippen MR) is 64.1 cm³/mol. The Kier molecular flexibility index (Phi) is 4.79. The van der Waals surface area contributed by atoms with E-state index in [1.54, 1.807) is 0 Å². The number of aliphatic carboxylic acids is 1. The van der Waals surface area contributed by atoms with E-state index in [0.717, 1.165) is 6.07 Å². The van der Waals surface area contributed by atoms with Gasteiger partial charge in [0, 0.05) is 6.07 Å². The van der Waals surface area contributed by atoms with E-state index in [4.69, 9.17) is 21.8 Å². The molecule has 0 bridgehead atoms. The molecule has 9 heteroatoms. The number of hydrogen-bond donors (Lipinski definition) is 3. The quantitative estimate of drug-likeness (QED) is 0.532. The molecule has 0 aliphatic rings. The predicted octanol–water partition coefficient (Wildman–Crippen LogP) is 0.424. The summed E-state index contributed by atoms with van der Waals surface area (Å²) in [6.07, 6.45) is -1.76. The molecule has 102 valence electrons. The summed E-state index contributed by atoms with van der Waals surface area (Å²) in [5.74, 6) is -2.31. The number of halogens is 1. The number of carboxylic acids is 1. The van der Waals surface area contributed by atoms with Crippen molar-refractivity contribution in [3.05, 3.63) is 38.9 Å². The number of carbonyl (C=O) groups is 2. The molecule has 0 fully saturated rings. The van der Waals surface area contributed by atoms with Crippen molar-refractivity contribution in [2.75, 3.05) is 6.54 Å². The third-order valence-corrected chi connectivity index (χ3v) is 2.56. The Morgan fingerprint density at radius 2 is 2.11 bits per heavy atom. The van der Waals surface area contributed by atoms with Crippen molar-refractivity contribution in [2.24, 2.45) is 0 Å². The van der Waals surface area contributed by atoms with Gasteiger partial charge in [-0.25, -0.2) is 4.79 Å². The third-order valence-electron chi connectivity index (χ3n) is 2.16. The molecule has 0 spiro atoms. The molecular formula is C10H9ClN2O6. The lowest BCUT2D eigenvalue weighted by atomic mass is 10.2. The zero-order valence-electron chi connectivity index (χ0n) is 9.37. The Hall–Kier alpha value is -2.19. The number of rotatable bonds is 5. The largest absolute Gasteiger partial charge is 0.479 e. The molecule has 1 rings (SSSR count). The van der Waals surface area contributed by atoms with Crippen LogP contribution >= 0.6 is 11.6 Å². The molecular weight excluding hydrogens is 280 g/mol. The monoisotopic (exact) mass is 288 g/mol. The highest BCUT2D eigenvalue weighted by atomic mass is 35.5. The number of nitrogens with zero attached hydrogens (tertiary/aromatic N) is 1. The highest BCUT2D eigenvalue weighted by Gasteiger charge is 2.21. The van der Waals surface area contributed by atoms with Gasteiger partial charge in [0.05, 0.1) is 17.0 Å². The van der Waals surface area contributed by atoms with Crippen LogP contribution in [0.4, 0.5) is 5.69 Å². The highest BCUT2D eigenvalue weighted by molar-refractivity contribution is 6.35. The lowest BCUT2D eigenvalue weighted by Gasteiger charge is -2.08. The van der Waals surface area contributed by atoms with E-state index >= 15 is 0 Å². The van der Waals surface area contributed by atoms with Crippen LogP contribution in [0.5, 0.6) is 0 Å². The van der Waals surface area contributed by atoms with Crippen LogP contribution < -0.4 is 5.32 Å². The number of hydrogen-bond acceptors (Lipinski definition) is 5. The van der Waals surface area contributed by atoms with Gasteiger partial charge in [0.2, 0.25) is 0 Å². The first-order valence-corrected chi connectivity index (χ1v) is 5.34. The molecule has 0 aliphatic heterocycles. The smallest absolute Gasteiger partial charge is 0.334 e. The van der Waals surface area contributed by atoms with Crippen molar-refractivity contribution in [1.82, 2.24) is 5.32 Å². The van der Waals surface area contributed by atoms with Gasteiger partial charge in [-0.2, -0.15) is 0 Å². The second-order valence-corrected chi connectivity index (χ2v) is 3.84. The summed E-state index contributed by atoms with van der Waals surface area (Å²) >= 11 is 5.70. The summed E-state index contributed by atoms with van der Waals surface area (Å²) in [6, 6.07) is 3.65. The van der Waals surface area contributed by atoms with E-state index < -0.39 is 35.1 Å². The SMILES string of the molecule is O=C(NCC(O)C(=O)O)c1cccc([N+](=O)[O-])c1Cl. The number of nitro benzene ring substituents is 1. The summed E-state index contributed by atoms with van der Waals surface area (Å²) in [4.78, 5) is 31.9. The minimum Gasteiger partial charge on any atom is -0.479 e. The maximum Gasteiger partial charge on any atom is 0.334 e. The molecule has 0 saturated carbocycles. The van der Waals surface area contributed by atoms with E-state index in [-0.39, 0.29) is 10.6 Å². The fraction of sp³-hybridized carbons (Fsp3) is 0.200. The summed E-state index contributed by atoms with van der Waals surface area (Å²) in [6.45, 7) is -0.535. The molecule has 3 N–H and O–H groups in total. The van der Waals surface area contributed by atoms with Crippen LogP contribution in [0.15, 0.2) is 18.2 Å². The normalized spacial score (nSPS) is 11.7. The van der Waals surface area contributed by atoms with Crippen molar-refractivity contribution in [1.29, 1.82) is 0 Å². The summed E-state index contributed by atoms with van der Waals surface area (Å²) in [5, 5.41) is 29.8. The van der Waals surface area contributed by atoms with Crippen molar-refractivity contribution in [2.45, 2.75) is 6.10 Å². The Balaban J connectivity index is 2.86. The Morgan fingerprint density at radius 1 is 1.47 bits per heavy atom. The third kappa shape index (κ3) is 3.63. The van der Waals surface area contributed by atoms with E-state index in [0.29, 0.717) is 0 Å². The zero-order valence-corrected chi connectivity index (χ0v) is 10.1. The molecule has 1 aromatic rings. The second kappa shape index (κ2) is 6.12. The molecule has 8 nitrogen and oxygen atoms in total. The average Bonchev–Trinajstić information content (AvgIpc) is 2.35. The van der Waals surface area contributed by atoms with Crippen molar-refractivity contribution >= 4 is 29.2 Å². The van der Waals surface area contributed by atoms with Gasteiger partial charge in [0.15, 0.2) is 6.10 Å². The number of carbonyl (C=O) groups excluding carboxylic acids is 1. The van der Waals surface area contributed by atoms with Gasteiger partial charge in [-0.1, -0.05) is 17.7 Å². The molecule has 0 saturated heterocycles. The minimum atomic E-state index is -1.76. The Bertz CT molecular complexity index is 533. The standard InChI is InChI=1S/C10H9ClN2O6/c11-8-5(2-1-3-6(8)13(18)19)9(15)12-4-7(14)10(16)17/h1-3,7,14H,4H2,(H,12,15)(H,16,17). The van der Waals surface area contributed by atoms with E-state index in [9.17, 15) is 19.7 Å². The summed E-state index contributed by atoms with van der Waals surface area (Å²) in [5.41, 5.74) is -0.610. The summed E-state index contributed by atoms with van der Waals surface area (Å²) in [7, 11) is 0. The number of aliphatic hydroxyl groups excluding tert-OH is 1. The molecule has 19 heavy (non-hydrogen) atoms. The first-order chi connectivity index (χ1) is 8.84. The van der Waals surface area contributed by atoms with E-state index in [2.05, 4.69) is 5.32 Å². The van der Waals surface area contributed by atoms with Gasteiger partial charge >= 0.3 is 5.97 Å². The van der Waals surface area contributed by atoms with Gasteiger partial charge in [0.25, 0.3) is 11.6 Å². The van der Waals surface area contributed by atoms with Crippen molar-refractivity contribution < 1.29 is 24.7 Å². The molecule has 1 amide bonds. The second-order valence-electron chi connectivity index (χ2n) is 3.46. The maximum atomic E-state index is 11.6. The first kappa shape index (κ1) is 14.9. The number of nitro groups is 1. The van der Waals surface area contributed by atoms with Gasteiger partial charge in [-0.05, 0) is 6.07 Å². The van der Waals surface area contributed by atoms with Gasteiger partial charge < -0.3 is 15.5 Å². The van der Waals surface area contributed by atoms with Gasteiger partial charge in [-0.15, -0.1) is 0 Å². The fourth-order valence-electron chi connectivity index (χ4n) is 1.21. The van der Waals surface area contributed by atoms with Crippen LogP contribution in [0.3, 0.4) is 0 Å². The first-order valence-electron chi connectivity index (χ1n) is 4.96. The molecule has 1 unspecified atom stereocenters. The number of benzene rings is 1. The molecule has 1 aromatic carbocycles. The van der Waals surface area contributed by atoms with Crippen molar-refractivity contribution in [3.8, 4) is 0 Å². The van der Waals surface area contributed by atoms with E-state index in [1.165, 1.54) is 12.1 Å². The van der Waals surface area contributed by atoms with Crippen LogP contribution in [0.2, 0.25) is 5.02 Å². The van der Waals surface area contributed by atoms with Crippen LogP contribution in [0, 0.1) is 10.1 Å². The van der Waals surface area contributed by atoms with Crippen LogP contribution in [-0.2, 0) is 4.79 Å². The number of nitrogens with one attached hydrogen (secondary N) is 1. The van der Waals surface area contributed by atoms with Crippen LogP contribution in [0.1, 0.15) is 10.4 Å². The number of amides is 1. The molecule has 0 radical (unpaired) electrons. The Labute approximate surface area is 111 Å². The maximum absolute atomic E-state index is 11.6. The number of aliphatic hydroxyl groups is 1. The van der Waals surface area contributed by atoms with Crippen molar-refractivity contribution in [3.63, 3.8) is 0 Å². The lowest BCUT2D eigenvalue weighted by Crippen LogP contribution is -2.36. The van der Waals surface area contributed by atoms with Crippen LogP contribution in [-0.4, -0.2) is 39.7 Å². The number of carboxylic acid groups (broad SMARTS) is 1. The summed E-state index contributed by atoms with van der Waals surface area (Å²) < 4.78 is 0. The fourth-order valence-corrected chi connectivity index (χ4v) is 1.49. The molecule has 0 heterocycles. The molecule has 0 aromatic heterocycles. The zero-order chi connectivity index (χ0) is 14.6. The molecule has 0 aliphatic carbocycles. The van der Waals surface area contributed by atoms with Gasteiger partial charge in [-0.3, -0.25) is 14.9 Å². The van der Waals surface area contributed by atoms with Gasteiger partial charge in [0.1, 0.15) is 5.02 Å². The molecule has 1 atom stereocenters. The minimum absolute atomic E-state index is 0.173. The topological polar surface area (TPSA) is 130 Å². The average molecular weight is 289 g/mol. The van der Waals surface area contributed by atoms with Crippen LogP contribution in [0.25, 0.3) is 0 Å².